The Labute approximate surface area is 131 Å². The second-order valence-electron chi connectivity index (χ2n) is 4.41. The molecule has 0 aromatic heterocycles. The predicted molar refractivity (Wildman–Crippen MR) is 84.9 cm³/mol. The van der Waals surface area contributed by atoms with Crippen molar-refractivity contribution in [3.63, 3.8) is 0 Å². The van der Waals surface area contributed by atoms with E-state index in [0.29, 0.717) is 11.6 Å². The molecular weight excluding hydrogens is 312 g/mol. The average molecular weight is 333 g/mol. The smallest absolute Gasteiger partial charge is 0.243 e. The van der Waals surface area contributed by atoms with Gasteiger partial charge in [0.2, 0.25) is 10.0 Å². The Bertz CT molecular complexity index is 576. The standard InChI is InChI=1S/C14H21ClN2O3S/c1-3-7-17(8-9-18)21(19,20)13-5-6-14(15)12(10-13)11-16-4-2/h3,5-6,10,16,18H,1,4,7-9,11H2,2H3. The van der Waals surface area contributed by atoms with Gasteiger partial charge in [-0.15, -0.1) is 6.58 Å². The molecule has 0 unspecified atom stereocenters. The molecule has 7 heteroatoms. The van der Waals surface area contributed by atoms with E-state index < -0.39 is 10.0 Å². The number of nitrogens with zero attached hydrogens (tertiary/aromatic N) is 1. The molecule has 21 heavy (non-hydrogen) atoms. The lowest BCUT2D eigenvalue weighted by Gasteiger charge is -2.20. The van der Waals surface area contributed by atoms with Crippen LogP contribution >= 0.6 is 11.6 Å². The third-order valence-corrected chi connectivity index (χ3v) is 5.13. The molecule has 1 aromatic rings. The van der Waals surface area contributed by atoms with Crippen LogP contribution in [0.25, 0.3) is 0 Å². The maximum atomic E-state index is 12.6. The van der Waals surface area contributed by atoms with Crippen LogP contribution < -0.4 is 5.32 Å². The van der Waals surface area contributed by atoms with Gasteiger partial charge in [-0.25, -0.2) is 8.42 Å². The van der Waals surface area contributed by atoms with Crippen molar-refractivity contribution in [1.82, 2.24) is 9.62 Å². The predicted octanol–water partition coefficient (Wildman–Crippen LogP) is 1.62. The van der Waals surface area contributed by atoms with Crippen molar-refractivity contribution in [2.24, 2.45) is 0 Å². The molecule has 0 saturated heterocycles. The van der Waals surface area contributed by atoms with Gasteiger partial charge in [0, 0.05) is 24.7 Å². The van der Waals surface area contributed by atoms with Gasteiger partial charge in [0.1, 0.15) is 0 Å². The van der Waals surface area contributed by atoms with Crippen molar-refractivity contribution in [2.45, 2.75) is 18.4 Å². The van der Waals surface area contributed by atoms with Gasteiger partial charge in [0.25, 0.3) is 0 Å². The van der Waals surface area contributed by atoms with Crippen LogP contribution in [0.2, 0.25) is 5.02 Å². The van der Waals surface area contributed by atoms with E-state index in [1.165, 1.54) is 16.4 Å². The SMILES string of the molecule is C=CCN(CCO)S(=O)(=O)c1ccc(Cl)c(CNCC)c1. The summed E-state index contributed by atoms with van der Waals surface area (Å²) in [5, 5.41) is 12.7. The molecular formula is C14H21ClN2O3S. The molecule has 0 bridgehead atoms. The van der Waals surface area contributed by atoms with Crippen LogP contribution in [0.5, 0.6) is 0 Å². The molecule has 0 aliphatic heterocycles. The van der Waals surface area contributed by atoms with Crippen molar-refractivity contribution in [3.05, 3.63) is 41.4 Å². The lowest BCUT2D eigenvalue weighted by atomic mass is 10.2. The molecule has 0 atom stereocenters. The van der Waals surface area contributed by atoms with E-state index in [1.54, 1.807) is 12.1 Å². The Hall–Kier alpha value is -0.920. The summed E-state index contributed by atoms with van der Waals surface area (Å²) >= 11 is 6.08. The van der Waals surface area contributed by atoms with Gasteiger partial charge in [-0.1, -0.05) is 24.6 Å². The number of sulfonamides is 1. The van der Waals surface area contributed by atoms with Crippen LogP contribution in [0.4, 0.5) is 0 Å². The first kappa shape index (κ1) is 18.1. The summed E-state index contributed by atoms with van der Waals surface area (Å²) in [7, 11) is -3.67. The highest BCUT2D eigenvalue weighted by Gasteiger charge is 2.23. The number of benzene rings is 1. The van der Waals surface area contributed by atoms with Crippen LogP contribution in [0.3, 0.4) is 0 Å². The summed E-state index contributed by atoms with van der Waals surface area (Å²) < 4.78 is 26.3. The highest BCUT2D eigenvalue weighted by atomic mass is 35.5. The van der Waals surface area contributed by atoms with Crippen molar-refractivity contribution in [2.75, 3.05) is 26.2 Å². The molecule has 0 fully saturated rings. The summed E-state index contributed by atoms with van der Waals surface area (Å²) in [4.78, 5) is 0.162. The first-order chi connectivity index (χ1) is 9.97. The Balaban J connectivity index is 3.14. The van der Waals surface area contributed by atoms with Crippen molar-refractivity contribution in [1.29, 1.82) is 0 Å². The fourth-order valence-electron chi connectivity index (χ4n) is 1.82. The third-order valence-electron chi connectivity index (χ3n) is 2.90. The van der Waals surface area contributed by atoms with Crippen molar-refractivity contribution in [3.8, 4) is 0 Å². The highest BCUT2D eigenvalue weighted by Crippen LogP contribution is 2.23. The number of aliphatic hydroxyl groups is 1. The number of hydrogen-bond acceptors (Lipinski definition) is 4. The van der Waals surface area contributed by atoms with Gasteiger partial charge in [0.15, 0.2) is 0 Å². The van der Waals surface area contributed by atoms with Crippen LogP contribution in [0, 0.1) is 0 Å². The van der Waals surface area contributed by atoms with Crippen molar-refractivity contribution >= 4 is 21.6 Å². The van der Waals surface area contributed by atoms with Gasteiger partial charge in [0.05, 0.1) is 11.5 Å². The zero-order valence-electron chi connectivity index (χ0n) is 12.0. The normalized spacial score (nSPS) is 11.8. The molecule has 0 radical (unpaired) electrons. The maximum absolute atomic E-state index is 12.6. The Morgan fingerprint density at radius 3 is 2.76 bits per heavy atom. The molecule has 0 aliphatic rings. The topological polar surface area (TPSA) is 69.6 Å². The van der Waals surface area contributed by atoms with E-state index in [0.717, 1.165) is 12.1 Å². The molecule has 2 N–H and O–H groups in total. The Kier molecular flexibility index (Phi) is 7.34. The molecule has 118 valence electrons. The van der Waals surface area contributed by atoms with E-state index in [2.05, 4.69) is 11.9 Å². The minimum absolute atomic E-state index is 0.0273. The lowest BCUT2D eigenvalue weighted by Crippen LogP contribution is -2.33. The highest BCUT2D eigenvalue weighted by molar-refractivity contribution is 7.89. The van der Waals surface area contributed by atoms with E-state index in [9.17, 15) is 8.42 Å². The van der Waals surface area contributed by atoms with E-state index >= 15 is 0 Å². The van der Waals surface area contributed by atoms with E-state index in [-0.39, 0.29) is 24.6 Å². The van der Waals surface area contributed by atoms with Gasteiger partial charge >= 0.3 is 0 Å². The maximum Gasteiger partial charge on any atom is 0.243 e. The van der Waals surface area contributed by atoms with Crippen LogP contribution in [-0.2, 0) is 16.6 Å². The summed E-state index contributed by atoms with van der Waals surface area (Å²) in [5.74, 6) is 0. The number of aliphatic hydroxyl groups excluding tert-OH is 1. The molecule has 0 saturated carbocycles. The minimum atomic E-state index is -3.67. The summed E-state index contributed by atoms with van der Waals surface area (Å²) in [6.07, 6.45) is 1.49. The molecule has 0 aliphatic carbocycles. The molecule has 0 amide bonds. The van der Waals surface area contributed by atoms with Crippen LogP contribution in [-0.4, -0.2) is 44.1 Å². The Morgan fingerprint density at radius 2 is 2.19 bits per heavy atom. The quantitative estimate of drug-likeness (QED) is 0.674. The number of rotatable bonds is 9. The van der Waals surface area contributed by atoms with Gasteiger partial charge in [-0.2, -0.15) is 4.31 Å². The molecule has 1 rings (SSSR count). The molecule has 5 nitrogen and oxygen atoms in total. The average Bonchev–Trinajstić information content (AvgIpc) is 2.46. The Morgan fingerprint density at radius 1 is 1.48 bits per heavy atom. The largest absolute Gasteiger partial charge is 0.395 e. The van der Waals surface area contributed by atoms with Gasteiger partial charge in [-0.05, 0) is 30.3 Å². The third kappa shape index (κ3) is 4.79. The van der Waals surface area contributed by atoms with E-state index in [4.69, 9.17) is 16.7 Å². The monoisotopic (exact) mass is 332 g/mol. The van der Waals surface area contributed by atoms with Crippen LogP contribution in [0.1, 0.15) is 12.5 Å². The first-order valence-electron chi connectivity index (χ1n) is 6.68. The second-order valence-corrected chi connectivity index (χ2v) is 6.75. The summed E-state index contributed by atoms with van der Waals surface area (Å²) in [5.41, 5.74) is 0.724. The minimum Gasteiger partial charge on any atom is -0.395 e. The number of hydrogen-bond donors (Lipinski definition) is 2. The number of halogens is 1. The first-order valence-corrected chi connectivity index (χ1v) is 8.50. The fraction of sp³-hybridized carbons (Fsp3) is 0.429. The zero-order chi connectivity index (χ0) is 15.9. The van der Waals surface area contributed by atoms with E-state index in [1.807, 2.05) is 6.92 Å². The molecule has 1 aromatic carbocycles. The zero-order valence-corrected chi connectivity index (χ0v) is 13.6. The summed E-state index contributed by atoms with van der Waals surface area (Å²) in [6, 6.07) is 4.61. The molecule has 0 heterocycles. The fourth-order valence-corrected chi connectivity index (χ4v) is 3.46. The van der Waals surface area contributed by atoms with Gasteiger partial charge < -0.3 is 10.4 Å². The molecule has 0 spiro atoms. The van der Waals surface area contributed by atoms with Crippen molar-refractivity contribution < 1.29 is 13.5 Å². The van der Waals surface area contributed by atoms with Crippen LogP contribution in [0.15, 0.2) is 35.7 Å². The number of nitrogens with one attached hydrogen (secondary N) is 1. The lowest BCUT2D eigenvalue weighted by molar-refractivity contribution is 0.260. The van der Waals surface area contributed by atoms with Gasteiger partial charge in [-0.3, -0.25) is 0 Å². The summed E-state index contributed by atoms with van der Waals surface area (Å²) in [6.45, 7) is 6.70. The second kappa shape index (κ2) is 8.51.